The molecule has 0 saturated carbocycles. The second-order valence-corrected chi connectivity index (χ2v) is 5.63. The van der Waals surface area contributed by atoms with Gasteiger partial charge in [-0.3, -0.25) is 4.79 Å². The molecule has 0 bridgehead atoms. The van der Waals surface area contributed by atoms with Gasteiger partial charge in [-0.2, -0.15) is 0 Å². The monoisotopic (exact) mass is 271 g/mol. The first kappa shape index (κ1) is 13.2. The largest absolute Gasteiger partial charge is 0.360 e. The number of fused-ring (bicyclic) bond motifs is 1. The van der Waals surface area contributed by atoms with Crippen molar-refractivity contribution in [1.82, 2.24) is 15.2 Å². The van der Waals surface area contributed by atoms with Gasteiger partial charge in [0.15, 0.2) is 0 Å². The molecule has 0 aliphatic carbocycles. The zero-order valence-corrected chi connectivity index (χ0v) is 11.9. The molecule has 4 nitrogen and oxygen atoms in total. The molecule has 2 heterocycles. The molecule has 1 amide bonds. The number of nitrogens with one attached hydrogen (secondary N) is 2. The summed E-state index contributed by atoms with van der Waals surface area (Å²) >= 11 is 0. The fourth-order valence-electron chi connectivity index (χ4n) is 2.96. The highest BCUT2D eigenvalue weighted by molar-refractivity contribution is 6.06. The van der Waals surface area contributed by atoms with Gasteiger partial charge in [-0.05, 0) is 38.9 Å². The molecule has 1 aromatic carbocycles. The van der Waals surface area contributed by atoms with Crippen LogP contribution in [0.15, 0.2) is 30.5 Å². The molecule has 1 aromatic heterocycles. The van der Waals surface area contributed by atoms with Crippen molar-refractivity contribution in [2.24, 2.45) is 0 Å². The first-order valence-electron chi connectivity index (χ1n) is 7.33. The van der Waals surface area contributed by atoms with Crippen LogP contribution in [0.2, 0.25) is 0 Å². The zero-order valence-electron chi connectivity index (χ0n) is 11.9. The van der Waals surface area contributed by atoms with Crippen molar-refractivity contribution >= 4 is 16.8 Å². The Morgan fingerprint density at radius 1 is 1.35 bits per heavy atom. The van der Waals surface area contributed by atoms with Crippen molar-refractivity contribution in [3.05, 3.63) is 36.0 Å². The molecule has 1 aliphatic rings. The number of hydrogen-bond acceptors (Lipinski definition) is 2. The van der Waals surface area contributed by atoms with E-state index in [2.05, 4.69) is 22.1 Å². The highest BCUT2D eigenvalue weighted by Crippen LogP contribution is 2.17. The number of aromatic nitrogens is 1. The lowest BCUT2D eigenvalue weighted by molar-refractivity contribution is 0.0933. The van der Waals surface area contributed by atoms with Crippen molar-refractivity contribution in [3.8, 4) is 0 Å². The fraction of sp³-hybridized carbons (Fsp3) is 0.438. The Hall–Kier alpha value is -1.81. The van der Waals surface area contributed by atoms with Gasteiger partial charge in [0, 0.05) is 29.7 Å². The standard InChI is InChI=1S/C16H21N3O/c1-12(11-19-8-4-5-9-19)18-16(20)14-10-17-15-7-3-2-6-13(14)15/h2-3,6-7,10,12,17H,4-5,8-9,11H2,1H3,(H,18,20). The minimum absolute atomic E-state index is 0.00847. The Labute approximate surface area is 119 Å². The van der Waals surface area contributed by atoms with Gasteiger partial charge in [0.05, 0.1) is 5.56 Å². The number of aromatic amines is 1. The molecule has 1 unspecified atom stereocenters. The van der Waals surface area contributed by atoms with Crippen LogP contribution >= 0.6 is 0 Å². The number of rotatable bonds is 4. The molecule has 1 aliphatic heterocycles. The van der Waals surface area contributed by atoms with E-state index in [1.54, 1.807) is 6.20 Å². The number of para-hydroxylation sites is 1. The van der Waals surface area contributed by atoms with Crippen LogP contribution in [0.1, 0.15) is 30.1 Å². The van der Waals surface area contributed by atoms with Crippen LogP contribution in [-0.2, 0) is 0 Å². The van der Waals surface area contributed by atoms with Crippen LogP contribution in [-0.4, -0.2) is 41.5 Å². The second-order valence-electron chi connectivity index (χ2n) is 5.63. The van der Waals surface area contributed by atoms with Crippen LogP contribution in [0.3, 0.4) is 0 Å². The van der Waals surface area contributed by atoms with Crippen LogP contribution in [0.4, 0.5) is 0 Å². The van der Waals surface area contributed by atoms with Crippen molar-refractivity contribution in [2.75, 3.05) is 19.6 Å². The lowest BCUT2D eigenvalue weighted by atomic mass is 10.1. The maximum absolute atomic E-state index is 12.4. The van der Waals surface area contributed by atoms with E-state index in [1.807, 2.05) is 24.3 Å². The third kappa shape index (κ3) is 2.70. The number of likely N-dealkylation sites (tertiary alicyclic amines) is 1. The summed E-state index contributed by atoms with van der Waals surface area (Å²) in [4.78, 5) is 17.9. The SMILES string of the molecule is CC(CN1CCCC1)NC(=O)c1c[nH]c2ccccc12. The zero-order chi connectivity index (χ0) is 13.9. The smallest absolute Gasteiger partial charge is 0.253 e. The fourth-order valence-corrected chi connectivity index (χ4v) is 2.96. The molecule has 2 N–H and O–H groups in total. The van der Waals surface area contributed by atoms with Crippen LogP contribution in [0.5, 0.6) is 0 Å². The molecule has 0 radical (unpaired) electrons. The molecule has 106 valence electrons. The Morgan fingerprint density at radius 2 is 2.10 bits per heavy atom. The van der Waals surface area contributed by atoms with E-state index in [1.165, 1.54) is 12.8 Å². The van der Waals surface area contributed by atoms with Gasteiger partial charge in [-0.15, -0.1) is 0 Å². The Bertz CT molecular complexity index is 599. The number of nitrogens with zero attached hydrogens (tertiary/aromatic N) is 1. The average Bonchev–Trinajstić information content (AvgIpc) is 3.07. The Morgan fingerprint density at radius 3 is 2.90 bits per heavy atom. The molecule has 2 aromatic rings. The van der Waals surface area contributed by atoms with Gasteiger partial charge in [0.1, 0.15) is 0 Å². The van der Waals surface area contributed by atoms with Gasteiger partial charge in [0.25, 0.3) is 5.91 Å². The van der Waals surface area contributed by atoms with E-state index in [4.69, 9.17) is 0 Å². The topological polar surface area (TPSA) is 48.1 Å². The molecule has 1 fully saturated rings. The van der Waals surface area contributed by atoms with Crippen LogP contribution in [0, 0.1) is 0 Å². The van der Waals surface area contributed by atoms with Crippen molar-refractivity contribution in [3.63, 3.8) is 0 Å². The molecular formula is C16H21N3O. The molecule has 1 atom stereocenters. The number of benzene rings is 1. The number of amides is 1. The lowest BCUT2D eigenvalue weighted by Crippen LogP contribution is -2.41. The third-order valence-corrected chi connectivity index (χ3v) is 3.94. The van der Waals surface area contributed by atoms with Gasteiger partial charge in [-0.25, -0.2) is 0 Å². The number of hydrogen-bond donors (Lipinski definition) is 2. The first-order valence-corrected chi connectivity index (χ1v) is 7.33. The minimum atomic E-state index is 0.00847. The highest BCUT2D eigenvalue weighted by Gasteiger charge is 2.18. The predicted molar refractivity (Wildman–Crippen MR) is 80.9 cm³/mol. The maximum Gasteiger partial charge on any atom is 0.253 e. The second kappa shape index (κ2) is 5.67. The average molecular weight is 271 g/mol. The van der Waals surface area contributed by atoms with E-state index in [-0.39, 0.29) is 11.9 Å². The highest BCUT2D eigenvalue weighted by atomic mass is 16.1. The van der Waals surface area contributed by atoms with E-state index in [0.717, 1.165) is 36.1 Å². The molecule has 3 rings (SSSR count). The van der Waals surface area contributed by atoms with Crippen molar-refractivity contribution < 1.29 is 4.79 Å². The van der Waals surface area contributed by atoms with Gasteiger partial charge in [-0.1, -0.05) is 18.2 Å². The van der Waals surface area contributed by atoms with E-state index in [9.17, 15) is 4.79 Å². The first-order chi connectivity index (χ1) is 9.74. The van der Waals surface area contributed by atoms with Crippen molar-refractivity contribution in [1.29, 1.82) is 0 Å². The van der Waals surface area contributed by atoms with Crippen molar-refractivity contribution in [2.45, 2.75) is 25.8 Å². The summed E-state index contributed by atoms with van der Waals surface area (Å²) < 4.78 is 0. The summed E-state index contributed by atoms with van der Waals surface area (Å²) in [6.45, 7) is 5.33. The van der Waals surface area contributed by atoms with Crippen LogP contribution < -0.4 is 5.32 Å². The van der Waals surface area contributed by atoms with Crippen LogP contribution in [0.25, 0.3) is 10.9 Å². The summed E-state index contributed by atoms with van der Waals surface area (Å²) in [7, 11) is 0. The minimum Gasteiger partial charge on any atom is -0.360 e. The summed E-state index contributed by atoms with van der Waals surface area (Å²) in [5, 5.41) is 4.09. The molecule has 20 heavy (non-hydrogen) atoms. The summed E-state index contributed by atoms with van der Waals surface area (Å²) in [6.07, 6.45) is 4.36. The predicted octanol–water partition coefficient (Wildman–Crippen LogP) is 2.38. The molecule has 1 saturated heterocycles. The number of H-pyrrole nitrogens is 1. The van der Waals surface area contributed by atoms with E-state index in [0.29, 0.717) is 0 Å². The molecule has 4 heteroatoms. The lowest BCUT2D eigenvalue weighted by Gasteiger charge is -2.21. The Kier molecular flexibility index (Phi) is 3.74. The number of carbonyl (C=O) groups is 1. The van der Waals surface area contributed by atoms with Gasteiger partial charge >= 0.3 is 0 Å². The van der Waals surface area contributed by atoms with E-state index < -0.39 is 0 Å². The van der Waals surface area contributed by atoms with Gasteiger partial charge in [0.2, 0.25) is 0 Å². The molecular weight excluding hydrogens is 250 g/mol. The quantitative estimate of drug-likeness (QED) is 0.897. The molecule has 0 spiro atoms. The van der Waals surface area contributed by atoms with E-state index >= 15 is 0 Å². The summed E-state index contributed by atoms with van der Waals surface area (Å²) in [5.74, 6) is 0.00847. The van der Waals surface area contributed by atoms with Gasteiger partial charge < -0.3 is 15.2 Å². The third-order valence-electron chi connectivity index (χ3n) is 3.94. The normalized spacial score (nSPS) is 17.4. The maximum atomic E-state index is 12.4. The Balaban J connectivity index is 1.66. The summed E-state index contributed by atoms with van der Waals surface area (Å²) in [6, 6.07) is 8.07. The summed E-state index contributed by atoms with van der Waals surface area (Å²) in [5.41, 5.74) is 1.73. The number of carbonyl (C=O) groups excluding carboxylic acids is 1.